The zero-order chi connectivity index (χ0) is 13.0. The van der Waals surface area contributed by atoms with Crippen LogP contribution in [0.15, 0.2) is 27.4 Å². The van der Waals surface area contributed by atoms with Gasteiger partial charge in [0.2, 0.25) is 0 Å². The molecule has 0 aliphatic carbocycles. The Morgan fingerprint density at radius 3 is 2.94 bits per heavy atom. The average molecular weight is 300 g/mol. The van der Waals surface area contributed by atoms with Crippen LogP contribution in [0, 0.1) is 0 Å². The minimum atomic E-state index is 0.760. The Morgan fingerprint density at radius 1 is 1.44 bits per heavy atom. The molecule has 0 fully saturated rings. The van der Waals surface area contributed by atoms with Gasteiger partial charge >= 0.3 is 0 Å². The third kappa shape index (κ3) is 3.45. The van der Waals surface area contributed by atoms with E-state index in [1.165, 1.54) is 22.0 Å². The van der Waals surface area contributed by atoms with Gasteiger partial charge in [-0.05, 0) is 42.3 Å². The lowest BCUT2D eigenvalue weighted by molar-refractivity contribution is 0.803. The van der Waals surface area contributed by atoms with E-state index in [1.54, 1.807) is 11.8 Å². The van der Waals surface area contributed by atoms with E-state index in [-0.39, 0.29) is 0 Å². The molecule has 3 nitrogen and oxygen atoms in total. The largest absolute Gasteiger partial charge is 0.316 e. The van der Waals surface area contributed by atoms with Crippen molar-refractivity contribution in [3.63, 3.8) is 0 Å². The molecule has 0 aliphatic heterocycles. The molecule has 0 amide bonds. The predicted molar refractivity (Wildman–Crippen MR) is 77.6 cm³/mol. The molecule has 1 aromatic heterocycles. The lowest BCUT2D eigenvalue weighted by Gasteiger charge is -2.07. The number of aryl methyl sites for hydroxylation is 1. The van der Waals surface area contributed by atoms with Gasteiger partial charge in [0.25, 0.3) is 0 Å². The van der Waals surface area contributed by atoms with Crippen molar-refractivity contribution in [2.75, 3.05) is 7.05 Å². The van der Waals surface area contributed by atoms with Crippen LogP contribution in [0.3, 0.4) is 0 Å². The molecule has 0 atom stereocenters. The van der Waals surface area contributed by atoms with Crippen LogP contribution < -0.4 is 5.32 Å². The van der Waals surface area contributed by atoms with Gasteiger partial charge in [-0.3, -0.25) is 0 Å². The van der Waals surface area contributed by atoms with Gasteiger partial charge in [-0.2, -0.15) is 4.37 Å². The topological polar surface area (TPSA) is 37.8 Å². The van der Waals surface area contributed by atoms with Crippen molar-refractivity contribution in [2.24, 2.45) is 0 Å². The molecule has 6 heteroatoms. The summed E-state index contributed by atoms with van der Waals surface area (Å²) in [6.45, 7) is 2.85. The van der Waals surface area contributed by atoms with Crippen LogP contribution in [-0.2, 0) is 13.0 Å². The molecular weight excluding hydrogens is 286 g/mol. The number of nitrogens with zero attached hydrogens (tertiary/aromatic N) is 2. The number of hydrogen-bond acceptors (Lipinski definition) is 5. The molecule has 96 valence electrons. The SMILES string of the molecule is CCc1nsc(Sc2ccc(Cl)cc2CNC)n1. The van der Waals surface area contributed by atoms with E-state index in [9.17, 15) is 0 Å². The highest BCUT2D eigenvalue weighted by Crippen LogP contribution is 2.33. The van der Waals surface area contributed by atoms with Gasteiger partial charge in [-0.15, -0.1) is 0 Å². The van der Waals surface area contributed by atoms with Crippen LogP contribution in [0.25, 0.3) is 0 Å². The smallest absolute Gasteiger partial charge is 0.174 e. The maximum atomic E-state index is 6.02. The van der Waals surface area contributed by atoms with E-state index in [0.29, 0.717) is 0 Å². The summed E-state index contributed by atoms with van der Waals surface area (Å²) in [5.41, 5.74) is 1.18. The van der Waals surface area contributed by atoms with Gasteiger partial charge in [0.15, 0.2) is 4.34 Å². The molecule has 0 spiro atoms. The monoisotopic (exact) mass is 299 g/mol. The lowest BCUT2D eigenvalue weighted by atomic mass is 10.2. The van der Waals surface area contributed by atoms with Crippen molar-refractivity contribution in [3.05, 3.63) is 34.6 Å². The summed E-state index contributed by atoms with van der Waals surface area (Å²) >= 11 is 9.11. The van der Waals surface area contributed by atoms with Gasteiger partial charge < -0.3 is 5.32 Å². The van der Waals surface area contributed by atoms with E-state index < -0.39 is 0 Å². The summed E-state index contributed by atoms with van der Waals surface area (Å²) in [6, 6.07) is 5.93. The van der Waals surface area contributed by atoms with Crippen LogP contribution in [0.1, 0.15) is 18.3 Å². The summed E-state index contributed by atoms with van der Waals surface area (Å²) in [5, 5.41) is 3.91. The van der Waals surface area contributed by atoms with Crippen LogP contribution in [0.4, 0.5) is 0 Å². The highest BCUT2D eigenvalue weighted by Gasteiger charge is 2.09. The van der Waals surface area contributed by atoms with Gasteiger partial charge in [0.05, 0.1) is 0 Å². The summed E-state index contributed by atoms with van der Waals surface area (Å²) in [4.78, 5) is 5.64. The van der Waals surface area contributed by atoms with E-state index in [2.05, 4.69) is 21.6 Å². The van der Waals surface area contributed by atoms with Gasteiger partial charge in [-0.1, -0.05) is 30.3 Å². The average Bonchev–Trinajstić information content (AvgIpc) is 2.81. The fraction of sp³-hybridized carbons (Fsp3) is 0.333. The van der Waals surface area contributed by atoms with E-state index in [1.807, 2.05) is 25.2 Å². The molecule has 2 aromatic rings. The second-order valence-corrected chi connectivity index (χ2v) is 6.19. The van der Waals surface area contributed by atoms with Crippen molar-refractivity contribution >= 4 is 34.9 Å². The normalized spacial score (nSPS) is 10.8. The minimum absolute atomic E-state index is 0.760. The summed E-state index contributed by atoms with van der Waals surface area (Å²) in [7, 11) is 1.93. The quantitative estimate of drug-likeness (QED) is 0.915. The van der Waals surface area contributed by atoms with Gasteiger partial charge in [0, 0.05) is 22.9 Å². The Labute approximate surface area is 120 Å². The van der Waals surface area contributed by atoms with Crippen molar-refractivity contribution in [2.45, 2.75) is 29.1 Å². The molecule has 1 aromatic carbocycles. The zero-order valence-electron chi connectivity index (χ0n) is 10.2. The Hall–Kier alpha value is -0.620. The fourth-order valence-corrected chi connectivity index (χ4v) is 3.46. The molecule has 1 heterocycles. The molecule has 0 saturated carbocycles. The first-order chi connectivity index (χ1) is 8.72. The molecule has 0 radical (unpaired) electrons. The first kappa shape index (κ1) is 13.8. The molecule has 0 bridgehead atoms. The van der Waals surface area contributed by atoms with E-state index >= 15 is 0 Å². The minimum Gasteiger partial charge on any atom is -0.316 e. The second-order valence-electron chi connectivity index (χ2n) is 3.71. The first-order valence-electron chi connectivity index (χ1n) is 5.66. The maximum absolute atomic E-state index is 6.02. The Balaban J connectivity index is 2.22. The highest BCUT2D eigenvalue weighted by atomic mass is 35.5. The van der Waals surface area contributed by atoms with Crippen LogP contribution in [0.5, 0.6) is 0 Å². The number of benzene rings is 1. The molecule has 18 heavy (non-hydrogen) atoms. The van der Waals surface area contributed by atoms with Gasteiger partial charge in [0.1, 0.15) is 5.82 Å². The van der Waals surface area contributed by atoms with Gasteiger partial charge in [-0.25, -0.2) is 4.98 Å². The second kappa shape index (κ2) is 6.52. The summed E-state index contributed by atoms with van der Waals surface area (Å²) in [5.74, 6) is 0.909. The van der Waals surface area contributed by atoms with Crippen molar-refractivity contribution < 1.29 is 0 Å². The predicted octanol–water partition coefficient (Wildman–Crippen LogP) is 3.62. The number of halogens is 1. The maximum Gasteiger partial charge on any atom is 0.174 e. The van der Waals surface area contributed by atoms with Crippen molar-refractivity contribution in [1.29, 1.82) is 0 Å². The molecule has 0 unspecified atom stereocenters. The zero-order valence-corrected chi connectivity index (χ0v) is 12.6. The third-order valence-corrected chi connectivity index (χ3v) is 4.50. The van der Waals surface area contributed by atoms with Crippen LogP contribution >= 0.6 is 34.9 Å². The molecular formula is C12H14ClN3S2. The van der Waals surface area contributed by atoms with Crippen LogP contribution in [0.2, 0.25) is 5.02 Å². The standard InChI is InChI=1S/C12H14ClN3S2/c1-3-11-15-12(18-16-11)17-10-5-4-9(13)6-8(10)7-14-2/h4-6,14H,3,7H2,1-2H3. The lowest BCUT2D eigenvalue weighted by Crippen LogP contribution is -2.06. The Kier molecular flexibility index (Phi) is 5.00. The summed E-state index contributed by atoms with van der Waals surface area (Å²) in [6.07, 6.45) is 0.876. The number of rotatable bonds is 5. The number of aromatic nitrogens is 2. The van der Waals surface area contributed by atoms with Crippen molar-refractivity contribution in [3.8, 4) is 0 Å². The highest BCUT2D eigenvalue weighted by molar-refractivity contribution is 8.01. The number of nitrogens with one attached hydrogen (secondary N) is 1. The summed E-state index contributed by atoms with van der Waals surface area (Å²) < 4.78 is 5.27. The fourth-order valence-electron chi connectivity index (χ4n) is 1.49. The van der Waals surface area contributed by atoms with Crippen LogP contribution in [-0.4, -0.2) is 16.4 Å². The Bertz CT molecular complexity index is 528. The Morgan fingerprint density at radius 2 is 2.28 bits per heavy atom. The van der Waals surface area contributed by atoms with Crippen molar-refractivity contribution in [1.82, 2.24) is 14.7 Å². The first-order valence-corrected chi connectivity index (χ1v) is 7.63. The van der Waals surface area contributed by atoms with E-state index in [4.69, 9.17) is 11.6 Å². The number of hydrogen-bond donors (Lipinski definition) is 1. The molecule has 0 aliphatic rings. The third-order valence-electron chi connectivity index (χ3n) is 2.35. The molecule has 0 saturated heterocycles. The molecule has 2 rings (SSSR count). The molecule has 1 N–H and O–H groups in total. The van der Waals surface area contributed by atoms with E-state index in [0.717, 1.165) is 28.2 Å².